The van der Waals surface area contributed by atoms with Gasteiger partial charge in [0.15, 0.2) is 0 Å². The van der Waals surface area contributed by atoms with E-state index in [1.54, 1.807) is 7.11 Å². The molecule has 1 amide bonds. The second-order valence-corrected chi connectivity index (χ2v) is 3.62. The van der Waals surface area contributed by atoms with Gasteiger partial charge in [0, 0.05) is 30.4 Å². The van der Waals surface area contributed by atoms with Gasteiger partial charge in [-0.3, -0.25) is 4.79 Å². The molecule has 0 saturated heterocycles. The monoisotopic (exact) mass is 221 g/mol. The zero-order valence-electron chi connectivity index (χ0n) is 9.12. The Morgan fingerprint density at radius 2 is 2.38 bits per heavy atom. The van der Waals surface area contributed by atoms with Crippen LogP contribution in [0, 0.1) is 0 Å². The van der Waals surface area contributed by atoms with E-state index in [9.17, 15) is 4.79 Å². The minimum absolute atomic E-state index is 0.0447. The fourth-order valence-corrected chi connectivity index (χ4v) is 1.80. The standard InChI is InChI=1S/C11H15N3O2/c1-16-7-2-3-8-9(6-7)14-11(15)10(8)13-5-4-12/h2-3,6,10,13H,4-5,12H2,1H3,(H,14,15). The normalized spacial score (nSPS) is 18.1. The van der Waals surface area contributed by atoms with Gasteiger partial charge < -0.3 is 21.1 Å². The summed E-state index contributed by atoms with van der Waals surface area (Å²) in [6, 6.07) is 5.25. The molecule has 1 aromatic rings. The van der Waals surface area contributed by atoms with E-state index >= 15 is 0 Å². The van der Waals surface area contributed by atoms with Crippen molar-refractivity contribution < 1.29 is 9.53 Å². The van der Waals surface area contributed by atoms with E-state index in [2.05, 4.69) is 10.6 Å². The fourth-order valence-electron chi connectivity index (χ4n) is 1.80. The Balaban J connectivity index is 2.24. The van der Waals surface area contributed by atoms with Gasteiger partial charge in [-0.2, -0.15) is 0 Å². The van der Waals surface area contributed by atoms with Gasteiger partial charge in [-0.05, 0) is 6.07 Å². The van der Waals surface area contributed by atoms with Crippen LogP contribution in [0.5, 0.6) is 5.75 Å². The van der Waals surface area contributed by atoms with E-state index in [4.69, 9.17) is 10.5 Å². The number of nitrogens with one attached hydrogen (secondary N) is 2. The van der Waals surface area contributed by atoms with E-state index in [-0.39, 0.29) is 11.9 Å². The first-order valence-corrected chi connectivity index (χ1v) is 5.18. The molecule has 1 atom stereocenters. The van der Waals surface area contributed by atoms with Crippen LogP contribution in [0.15, 0.2) is 18.2 Å². The number of carbonyl (C=O) groups is 1. The summed E-state index contributed by atoms with van der Waals surface area (Å²) in [5, 5.41) is 5.91. The first-order chi connectivity index (χ1) is 7.76. The molecule has 2 rings (SSSR count). The Morgan fingerprint density at radius 1 is 1.56 bits per heavy atom. The number of benzene rings is 1. The number of carbonyl (C=O) groups excluding carboxylic acids is 1. The van der Waals surface area contributed by atoms with Gasteiger partial charge in [0.1, 0.15) is 11.8 Å². The summed E-state index contributed by atoms with van der Waals surface area (Å²) in [6.45, 7) is 1.12. The van der Waals surface area contributed by atoms with Crippen LogP contribution in [0.4, 0.5) is 5.69 Å². The van der Waals surface area contributed by atoms with Crippen LogP contribution in [-0.4, -0.2) is 26.1 Å². The molecule has 1 aliphatic heterocycles. The summed E-state index contributed by atoms with van der Waals surface area (Å²) < 4.78 is 5.10. The topological polar surface area (TPSA) is 76.4 Å². The third-order valence-electron chi connectivity index (χ3n) is 2.58. The molecule has 4 N–H and O–H groups in total. The van der Waals surface area contributed by atoms with Gasteiger partial charge in [-0.25, -0.2) is 0 Å². The van der Waals surface area contributed by atoms with E-state index in [0.717, 1.165) is 17.0 Å². The molecule has 1 aliphatic rings. The second-order valence-electron chi connectivity index (χ2n) is 3.62. The third kappa shape index (κ3) is 1.87. The van der Waals surface area contributed by atoms with Crippen LogP contribution < -0.4 is 21.1 Å². The molecular formula is C11H15N3O2. The number of fused-ring (bicyclic) bond motifs is 1. The molecule has 1 aromatic carbocycles. The van der Waals surface area contributed by atoms with Crippen molar-refractivity contribution in [2.75, 3.05) is 25.5 Å². The first kappa shape index (κ1) is 10.9. The van der Waals surface area contributed by atoms with Crippen molar-refractivity contribution in [3.8, 4) is 5.75 Å². The molecule has 5 nitrogen and oxygen atoms in total. The van der Waals surface area contributed by atoms with E-state index < -0.39 is 0 Å². The Bertz CT molecular complexity index is 406. The number of nitrogens with two attached hydrogens (primary N) is 1. The average Bonchev–Trinajstić information content (AvgIpc) is 2.61. The molecule has 0 aliphatic carbocycles. The molecule has 86 valence electrons. The van der Waals surface area contributed by atoms with E-state index in [1.165, 1.54) is 0 Å². The summed E-state index contributed by atoms with van der Waals surface area (Å²) in [4.78, 5) is 11.7. The molecule has 1 unspecified atom stereocenters. The van der Waals surface area contributed by atoms with Crippen molar-refractivity contribution in [1.82, 2.24) is 5.32 Å². The lowest BCUT2D eigenvalue weighted by Crippen LogP contribution is -2.31. The molecule has 0 bridgehead atoms. The molecular weight excluding hydrogens is 206 g/mol. The Kier molecular flexibility index (Phi) is 3.07. The fraction of sp³-hybridized carbons (Fsp3) is 0.364. The zero-order chi connectivity index (χ0) is 11.5. The predicted octanol–water partition coefficient (Wildman–Crippen LogP) is 0.237. The van der Waals surface area contributed by atoms with Crippen LogP contribution in [0.2, 0.25) is 0 Å². The Labute approximate surface area is 94.0 Å². The molecule has 0 radical (unpaired) electrons. The van der Waals surface area contributed by atoms with Crippen LogP contribution in [-0.2, 0) is 4.79 Å². The number of rotatable bonds is 4. The average molecular weight is 221 g/mol. The number of amides is 1. The summed E-state index contributed by atoms with van der Waals surface area (Å²) in [6.07, 6.45) is 0. The number of methoxy groups -OCH3 is 1. The van der Waals surface area contributed by atoms with E-state index in [1.807, 2.05) is 18.2 Å². The Hall–Kier alpha value is -1.59. The lowest BCUT2D eigenvalue weighted by Gasteiger charge is -2.10. The van der Waals surface area contributed by atoms with Crippen molar-refractivity contribution in [1.29, 1.82) is 0 Å². The lowest BCUT2D eigenvalue weighted by molar-refractivity contribution is -0.117. The highest BCUT2D eigenvalue weighted by Gasteiger charge is 2.29. The van der Waals surface area contributed by atoms with Crippen molar-refractivity contribution in [2.24, 2.45) is 5.73 Å². The van der Waals surface area contributed by atoms with Crippen molar-refractivity contribution in [3.63, 3.8) is 0 Å². The predicted molar refractivity (Wildman–Crippen MR) is 61.4 cm³/mol. The summed E-state index contributed by atoms with van der Waals surface area (Å²) in [5.74, 6) is 0.690. The maximum absolute atomic E-state index is 11.7. The molecule has 1 heterocycles. The Morgan fingerprint density at radius 3 is 3.06 bits per heavy atom. The van der Waals surface area contributed by atoms with Gasteiger partial charge in [-0.1, -0.05) is 6.07 Å². The minimum atomic E-state index is -0.301. The lowest BCUT2D eigenvalue weighted by atomic mass is 10.1. The highest BCUT2D eigenvalue weighted by atomic mass is 16.5. The van der Waals surface area contributed by atoms with Gasteiger partial charge in [0.2, 0.25) is 5.91 Å². The molecule has 0 fully saturated rings. The molecule has 16 heavy (non-hydrogen) atoms. The zero-order valence-corrected chi connectivity index (χ0v) is 9.12. The van der Waals surface area contributed by atoms with Crippen LogP contribution in [0.1, 0.15) is 11.6 Å². The molecule has 0 spiro atoms. The quantitative estimate of drug-likeness (QED) is 0.680. The van der Waals surface area contributed by atoms with Crippen LogP contribution >= 0.6 is 0 Å². The number of ether oxygens (including phenoxy) is 1. The summed E-state index contributed by atoms with van der Waals surface area (Å²) in [5.41, 5.74) is 7.15. The molecule has 5 heteroatoms. The third-order valence-corrected chi connectivity index (χ3v) is 2.58. The minimum Gasteiger partial charge on any atom is -0.497 e. The molecule has 0 saturated carbocycles. The van der Waals surface area contributed by atoms with Crippen molar-refractivity contribution in [2.45, 2.75) is 6.04 Å². The number of anilines is 1. The highest BCUT2D eigenvalue weighted by molar-refractivity contribution is 6.02. The summed E-state index contributed by atoms with van der Waals surface area (Å²) in [7, 11) is 1.60. The molecule has 0 aromatic heterocycles. The number of hydrogen-bond donors (Lipinski definition) is 3. The van der Waals surface area contributed by atoms with Crippen LogP contribution in [0.25, 0.3) is 0 Å². The summed E-state index contributed by atoms with van der Waals surface area (Å²) >= 11 is 0. The maximum atomic E-state index is 11.7. The SMILES string of the molecule is COc1ccc2c(c1)NC(=O)C2NCCN. The van der Waals surface area contributed by atoms with Crippen LogP contribution in [0.3, 0.4) is 0 Å². The van der Waals surface area contributed by atoms with E-state index in [0.29, 0.717) is 13.1 Å². The van der Waals surface area contributed by atoms with Gasteiger partial charge in [0.25, 0.3) is 0 Å². The van der Waals surface area contributed by atoms with Gasteiger partial charge in [0.05, 0.1) is 7.11 Å². The van der Waals surface area contributed by atoms with Gasteiger partial charge >= 0.3 is 0 Å². The maximum Gasteiger partial charge on any atom is 0.246 e. The second kappa shape index (κ2) is 4.51. The first-order valence-electron chi connectivity index (χ1n) is 5.18. The van der Waals surface area contributed by atoms with Gasteiger partial charge in [-0.15, -0.1) is 0 Å². The van der Waals surface area contributed by atoms with Crippen molar-refractivity contribution >= 4 is 11.6 Å². The largest absolute Gasteiger partial charge is 0.497 e. The van der Waals surface area contributed by atoms with Crippen molar-refractivity contribution in [3.05, 3.63) is 23.8 Å². The smallest absolute Gasteiger partial charge is 0.246 e. The number of hydrogen-bond acceptors (Lipinski definition) is 4. The highest BCUT2D eigenvalue weighted by Crippen LogP contribution is 2.33.